The summed E-state index contributed by atoms with van der Waals surface area (Å²) in [6.07, 6.45) is 2.59. The molecule has 0 saturated carbocycles. The van der Waals surface area contributed by atoms with Gasteiger partial charge in [-0.2, -0.15) is 0 Å². The van der Waals surface area contributed by atoms with Gasteiger partial charge in [0.05, 0.1) is 5.01 Å². The Morgan fingerprint density at radius 2 is 2.18 bits per heavy atom. The first-order valence-corrected chi connectivity index (χ1v) is 6.41. The number of hydrogen-bond donors (Lipinski definition) is 2. The number of benzene rings is 1. The number of phenolic OH excluding ortho intramolecular Hbond substituents is 1. The molecule has 90 valence electrons. The molecular formula is C13H16N2OS. The summed E-state index contributed by atoms with van der Waals surface area (Å²) in [4.78, 5) is 5.61. The van der Waals surface area contributed by atoms with Gasteiger partial charge in [0.2, 0.25) is 0 Å². The highest BCUT2D eigenvalue weighted by atomic mass is 32.1. The van der Waals surface area contributed by atoms with E-state index in [1.807, 2.05) is 31.4 Å². The fourth-order valence-electron chi connectivity index (χ4n) is 1.57. The average molecular weight is 248 g/mol. The van der Waals surface area contributed by atoms with Crippen LogP contribution in [0, 0.1) is 0 Å². The zero-order chi connectivity index (χ0) is 12.3. The van der Waals surface area contributed by atoms with Crippen molar-refractivity contribution in [2.24, 2.45) is 0 Å². The van der Waals surface area contributed by atoms with Crippen molar-refractivity contribution in [3.05, 3.63) is 45.9 Å². The van der Waals surface area contributed by atoms with E-state index in [4.69, 9.17) is 0 Å². The fraction of sp³-hybridized carbons (Fsp3) is 0.308. The van der Waals surface area contributed by atoms with Crippen LogP contribution in [0.4, 0.5) is 0 Å². The van der Waals surface area contributed by atoms with Crippen LogP contribution in [0.2, 0.25) is 0 Å². The first-order chi connectivity index (χ1) is 8.20. The van der Waals surface area contributed by atoms with E-state index in [1.54, 1.807) is 17.4 Å². The largest absolute Gasteiger partial charge is 0.508 e. The minimum atomic E-state index is 0.325. The molecule has 0 fully saturated rings. The normalized spacial score (nSPS) is 12.6. The van der Waals surface area contributed by atoms with Crippen LogP contribution in [0.25, 0.3) is 0 Å². The van der Waals surface area contributed by atoms with Crippen LogP contribution in [-0.2, 0) is 6.42 Å². The van der Waals surface area contributed by atoms with Crippen LogP contribution in [-0.4, -0.2) is 17.1 Å². The molecule has 2 rings (SSSR count). The first-order valence-electron chi connectivity index (χ1n) is 5.59. The highest BCUT2D eigenvalue weighted by Crippen LogP contribution is 2.25. The van der Waals surface area contributed by atoms with Gasteiger partial charge in [-0.25, -0.2) is 4.98 Å². The number of phenols is 1. The van der Waals surface area contributed by atoms with E-state index in [0.29, 0.717) is 18.2 Å². The SMILES string of the molecule is CNC(C)c1cnc(Cc2ccccc2O)s1. The van der Waals surface area contributed by atoms with Crippen LogP contribution in [0.1, 0.15) is 28.4 Å². The van der Waals surface area contributed by atoms with E-state index in [1.165, 1.54) is 4.88 Å². The third-order valence-electron chi connectivity index (χ3n) is 2.76. The molecule has 0 aliphatic rings. The van der Waals surface area contributed by atoms with Gasteiger partial charge in [-0.15, -0.1) is 11.3 Å². The Bertz CT molecular complexity index is 496. The Morgan fingerprint density at radius 1 is 1.41 bits per heavy atom. The first kappa shape index (κ1) is 12.1. The molecule has 1 aromatic carbocycles. The molecule has 3 nitrogen and oxygen atoms in total. The Labute approximate surface area is 105 Å². The van der Waals surface area contributed by atoms with E-state index in [2.05, 4.69) is 17.2 Å². The highest BCUT2D eigenvalue weighted by Gasteiger charge is 2.09. The minimum Gasteiger partial charge on any atom is -0.508 e. The maximum Gasteiger partial charge on any atom is 0.119 e. The van der Waals surface area contributed by atoms with Gasteiger partial charge in [-0.1, -0.05) is 18.2 Å². The molecule has 0 bridgehead atoms. The van der Waals surface area contributed by atoms with Crippen molar-refractivity contribution in [2.45, 2.75) is 19.4 Å². The second-order valence-corrected chi connectivity index (χ2v) is 5.12. The molecule has 2 aromatic rings. The molecule has 1 aromatic heterocycles. The molecule has 17 heavy (non-hydrogen) atoms. The Morgan fingerprint density at radius 3 is 2.88 bits per heavy atom. The minimum absolute atomic E-state index is 0.325. The second kappa shape index (κ2) is 5.29. The number of rotatable bonds is 4. The number of aromatic nitrogens is 1. The molecule has 4 heteroatoms. The lowest BCUT2D eigenvalue weighted by molar-refractivity contribution is 0.469. The highest BCUT2D eigenvalue weighted by molar-refractivity contribution is 7.11. The van der Waals surface area contributed by atoms with E-state index >= 15 is 0 Å². The summed E-state index contributed by atoms with van der Waals surface area (Å²) < 4.78 is 0. The summed E-state index contributed by atoms with van der Waals surface area (Å²) in [5, 5.41) is 13.9. The van der Waals surface area contributed by atoms with Gasteiger partial charge in [0.25, 0.3) is 0 Å². The summed E-state index contributed by atoms with van der Waals surface area (Å²) in [7, 11) is 1.94. The van der Waals surface area contributed by atoms with Gasteiger partial charge < -0.3 is 10.4 Å². The zero-order valence-corrected chi connectivity index (χ0v) is 10.8. The van der Waals surface area contributed by atoms with Gasteiger partial charge in [-0.05, 0) is 20.0 Å². The third kappa shape index (κ3) is 2.84. The molecule has 1 atom stereocenters. The standard InChI is InChI=1S/C13H16N2OS/c1-9(14-2)12-8-15-13(17-12)7-10-5-3-4-6-11(10)16/h3-6,8-9,14,16H,7H2,1-2H3. The molecule has 0 radical (unpaired) electrons. The monoisotopic (exact) mass is 248 g/mol. The fourth-order valence-corrected chi connectivity index (χ4v) is 2.58. The summed E-state index contributed by atoms with van der Waals surface area (Å²) in [5.74, 6) is 0.339. The van der Waals surface area contributed by atoms with Crippen molar-refractivity contribution in [1.29, 1.82) is 0 Å². The van der Waals surface area contributed by atoms with Crippen molar-refractivity contribution < 1.29 is 5.11 Å². The van der Waals surface area contributed by atoms with Crippen molar-refractivity contribution in [2.75, 3.05) is 7.05 Å². The van der Waals surface area contributed by atoms with E-state index in [0.717, 1.165) is 10.6 Å². The van der Waals surface area contributed by atoms with E-state index < -0.39 is 0 Å². The summed E-state index contributed by atoms with van der Waals surface area (Å²) in [6, 6.07) is 7.72. The molecule has 0 spiro atoms. The quantitative estimate of drug-likeness (QED) is 0.874. The van der Waals surface area contributed by atoms with Crippen LogP contribution in [0.5, 0.6) is 5.75 Å². The van der Waals surface area contributed by atoms with Gasteiger partial charge in [0.15, 0.2) is 0 Å². The smallest absolute Gasteiger partial charge is 0.119 e. The summed E-state index contributed by atoms with van der Waals surface area (Å²) in [6.45, 7) is 2.11. The van der Waals surface area contributed by atoms with Crippen LogP contribution in [0.3, 0.4) is 0 Å². The van der Waals surface area contributed by atoms with Crippen LogP contribution in [0.15, 0.2) is 30.5 Å². The topological polar surface area (TPSA) is 45.2 Å². The van der Waals surface area contributed by atoms with Crippen LogP contribution < -0.4 is 5.32 Å². The maximum atomic E-state index is 9.70. The van der Waals surface area contributed by atoms with Gasteiger partial charge in [-0.3, -0.25) is 0 Å². The Balaban J connectivity index is 2.14. The number of nitrogens with zero attached hydrogens (tertiary/aromatic N) is 1. The Hall–Kier alpha value is -1.39. The van der Waals surface area contributed by atoms with Gasteiger partial charge in [0, 0.05) is 29.1 Å². The van der Waals surface area contributed by atoms with Crippen molar-refractivity contribution in [3.8, 4) is 5.75 Å². The van der Waals surface area contributed by atoms with Crippen LogP contribution >= 0.6 is 11.3 Å². The van der Waals surface area contributed by atoms with Crippen molar-refractivity contribution in [1.82, 2.24) is 10.3 Å². The van der Waals surface area contributed by atoms with E-state index in [-0.39, 0.29) is 0 Å². The summed E-state index contributed by atoms with van der Waals surface area (Å²) in [5.41, 5.74) is 0.922. The number of aromatic hydroxyl groups is 1. The number of nitrogens with one attached hydrogen (secondary N) is 1. The van der Waals surface area contributed by atoms with Gasteiger partial charge in [0.1, 0.15) is 5.75 Å². The molecule has 0 saturated heterocycles. The molecule has 0 aliphatic heterocycles. The summed E-state index contributed by atoms with van der Waals surface area (Å²) >= 11 is 1.68. The number of thiazole rings is 1. The predicted octanol–water partition coefficient (Wildman–Crippen LogP) is 2.72. The average Bonchev–Trinajstić information content (AvgIpc) is 2.80. The lowest BCUT2D eigenvalue weighted by Gasteiger charge is -2.05. The van der Waals surface area contributed by atoms with Crippen molar-refractivity contribution >= 4 is 11.3 Å². The predicted molar refractivity (Wildman–Crippen MR) is 70.5 cm³/mol. The molecule has 1 heterocycles. The molecule has 2 N–H and O–H groups in total. The number of para-hydroxylation sites is 1. The lowest BCUT2D eigenvalue weighted by Crippen LogP contribution is -2.10. The molecular weight excluding hydrogens is 232 g/mol. The zero-order valence-electron chi connectivity index (χ0n) is 9.97. The maximum absolute atomic E-state index is 9.70. The lowest BCUT2D eigenvalue weighted by atomic mass is 10.1. The molecule has 1 unspecified atom stereocenters. The second-order valence-electron chi connectivity index (χ2n) is 3.97. The molecule has 0 aliphatic carbocycles. The molecule has 0 amide bonds. The third-order valence-corrected chi connectivity index (χ3v) is 3.94. The van der Waals surface area contributed by atoms with Crippen molar-refractivity contribution in [3.63, 3.8) is 0 Å². The number of hydrogen-bond acceptors (Lipinski definition) is 4. The van der Waals surface area contributed by atoms with Gasteiger partial charge >= 0.3 is 0 Å². The van der Waals surface area contributed by atoms with E-state index in [9.17, 15) is 5.11 Å². The Kier molecular flexibility index (Phi) is 3.76.